The molecule has 0 bridgehead atoms. The minimum atomic E-state index is -0.416. The number of benzene rings is 1. The van der Waals surface area contributed by atoms with Crippen LogP contribution in [0.15, 0.2) is 34.7 Å². The number of furan rings is 1. The van der Waals surface area contributed by atoms with Gasteiger partial charge < -0.3 is 14.5 Å². The van der Waals surface area contributed by atoms with E-state index >= 15 is 0 Å². The predicted molar refractivity (Wildman–Crippen MR) is 98.3 cm³/mol. The van der Waals surface area contributed by atoms with Gasteiger partial charge in [0, 0.05) is 19.2 Å². The Morgan fingerprint density at radius 1 is 1.31 bits per heavy atom. The molecule has 7 heteroatoms. The third-order valence-electron chi connectivity index (χ3n) is 4.78. The van der Waals surface area contributed by atoms with Gasteiger partial charge >= 0.3 is 5.69 Å². The minimum absolute atomic E-state index is 0.00967. The fourth-order valence-corrected chi connectivity index (χ4v) is 3.44. The average molecular weight is 359 g/mol. The number of aryl methyl sites for hydroxylation is 1. The van der Waals surface area contributed by atoms with Crippen molar-refractivity contribution in [3.8, 4) is 5.75 Å². The van der Waals surface area contributed by atoms with Gasteiger partial charge in [0.2, 0.25) is 0 Å². The summed E-state index contributed by atoms with van der Waals surface area (Å²) in [6.45, 7) is 5.37. The number of rotatable bonds is 8. The van der Waals surface area contributed by atoms with E-state index in [9.17, 15) is 10.1 Å². The van der Waals surface area contributed by atoms with Gasteiger partial charge in [0.15, 0.2) is 5.75 Å². The van der Waals surface area contributed by atoms with Crippen LogP contribution in [0.2, 0.25) is 0 Å². The summed E-state index contributed by atoms with van der Waals surface area (Å²) in [6.07, 6.45) is 2.42. The zero-order chi connectivity index (χ0) is 18.5. The van der Waals surface area contributed by atoms with E-state index in [2.05, 4.69) is 10.2 Å². The molecule has 0 radical (unpaired) electrons. The smallest absolute Gasteiger partial charge is 0.311 e. The lowest BCUT2D eigenvalue weighted by atomic mass is 10.1. The third kappa shape index (κ3) is 4.23. The number of nitro benzene ring substituents is 1. The van der Waals surface area contributed by atoms with Crippen molar-refractivity contribution in [2.24, 2.45) is 0 Å². The van der Waals surface area contributed by atoms with Crippen LogP contribution in [-0.2, 0) is 6.54 Å². The molecule has 26 heavy (non-hydrogen) atoms. The molecule has 0 amide bonds. The number of nitrogens with zero attached hydrogens (tertiary/aromatic N) is 2. The molecule has 7 nitrogen and oxygen atoms in total. The normalized spacial score (nSPS) is 15.9. The second kappa shape index (κ2) is 8.33. The third-order valence-corrected chi connectivity index (χ3v) is 4.78. The lowest BCUT2D eigenvalue weighted by Crippen LogP contribution is -2.33. The van der Waals surface area contributed by atoms with E-state index in [1.165, 1.54) is 20.0 Å². The maximum Gasteiger partial charge on any atom is 0.311 e. The molecule has 1 N–H and O–H groups in total. The van der Waals surface area contributed by atoms with Crippen molar-refractivity contribution >= 4 is 5.69 Å². The highest BCUT2D eigenvalue weighted by molar-refractivity contribution is 5.48. The van der Waals surface area contributed by atoms with Crippen LogP contribution in [0.5, 0.6) is 5.75 Å². The molecule has 2 aromatic rings. The van der Waals surface area contributed by atoms with Crippen LogP contribution in [0.3, 0.4) is 0 Å². The lowest BCUT2D eigenvalue weighted by Gasteiger charge is -2.26. The highest BCUT2D eigenvalue weighted by atomic mass is 16.6. The van der Waals surface area contributed by atoms with Crippen LogP contribution >= 0.6 is 0 Å². The van der Waals surface area contributed by atoms with Gasteiger partial charge in [-0.2, -0.15) is 0 Å². The molecule has 1 aliphatic heterocycles. The van der Waals surface area contributed by atoms with Crippen molar-refractivity contribution in [2.45, 2.75) is 32.4 Å². The number of hydrogen-bond acceptors (Lipinski definition) is 6. The molecule has 1 unspecified atom stereocenters. The van der Waals surface area contributed by atoms with Crippen molar-refractivity contribution in [1.82, 2.24) is 10.2 Å². The Morgan fingerprint density at radius 2 is 2.08 bits per heavy atom. The SMILES string of the molecule is COc1ccc(CNCC(c2ccc(C)o2)N2CCCC2)cc1[N+](=O)[O-]. The van der Waals surface area contributed by atoms with Crippen molar-refractivity contribution in [3.63, 3.8) is 0 Å². The Morgan fingerprint density at radius 3 is 2.69 bits per heavy atom. The van der Waals surface area contributed by atoms with E-state index in [0.717, 1.165) is 36.7 Å². The molecular formula is C19H25N3O4. The van der Waals surface area contributed by atoms with Gasteiger partial charge in [0.25, 0.3) is 0 Å². The molecule has 1 atom stereocenters. The first-order valence-electron chi connectivity index (χ1n) is 8.91. The van der Waals surface area contributed by atoms with E-state index in [1.807, 2.05) is 25.1 Å². The summed E-state index contributed by atoms with van der Waals surface area (Å²) in [5.74, 6) is 2.16. The predicted octanol–water partition coefficient (Wildman–Crippen LogP) is 3.43. The first kappa shape index (κ1) is 18.4. The van der Waals surface area contributed by atoms with Crippen LogP contribution in [0, 0.1) is 17.0 Å². The fourth-order valence-electron chi connectivity index (χ4n) is 3.44. The number of nitro groups is 1. The number of likely N-dealkylation sites (tertiary alicyclic amines) is 1. The molecule has 0 aliphatic carbocycles. The van der Waals surface area contributed by atoms with Crippen LogP contribution in [0.1, 0.15) is 36.0 Å². The first-order valence-corrected chi connectivity index (χ1v) is 8.91. The zero-order valence-electron chi connectivity index (χ0n) is 15.2. The van der Waals surface area contributed by atoms with E-state index in [-0.39, 0.29) is 17.5 Å². The Bertz CT molecular complexity index is 753. The Kier molecular flexibility index (Phi) is 5.90. The number of ether oxygens (including phenoxy) is 1. The summed E-state index contributed by atoms with van der Waals surface area (Å²) in [5, 5.41) is 14.6. The molecule has 0 spiro atoms. The quantitative estimate of drug-likeness (QED) is 0.574. The molecule has 1 saturated heterocycles. The molecule has 1 aromatic heterocycles. The molecular weight excluding hydrogens is 334 g/mol. The van der Waals surface area contributed by atoms with Gasteiger partial charge in [-0.05, 0) is 56.6 Å². The first-order chi connectivity index (χ1) is 12.6. The maximum absolute atomic E-state index is 11.2. The van der Waals surface area contributed by atoms with Crippen LogP contribution in [-0.4, -0.2) is 36.6 Å². The van der Waals surface area contributed by atoms with Gasteiger partial charge in [0.1, 0.15) is 11.5 Å². The average Bonchev–Trinajstić information content (AvgIpc) is 3.30. The second-order valence-corrected chi connectivity index (χ2v) is 6.60. The molecule has 3 rings (SSSR count). The molecule has 0 saturated carbocycles. The minimum Gasteiger partial charge on any atom is -0.490 e. The van der Waals surface area contributed by atoms with Gasteiger partial charge in [-0.15, -0.1) is 0 Å². The van der Waals surface area contributed by atoms with Crippen LogP contribution in [0.4, 0.5) is 5.69 Å². The van der Waals surface area contributed by atoms with E-state index in [1.54, 1.807) is 12.1 Å². The van der Waals surface area contributed by atoms with Crippen molar-refractivity contribution in [1.29, 1.82) is 0 Å². The van der Waals surface area contributed by atoms with Crippen LogP contribution < -0.4 is 10.1 Å². The summed E-state index contributed by atoms with van der Waals surface area (Å²) in [5.41, 5.74) is 0.845. The monoisotopic (exact) mass is 359 g/mol. The fraction of sp³-hybridized carbons (Fsp3) is 0.474. The summed E-state index contributed by atoms with van der Waals surface area (Å²) in [6, 6.07) is 9.26. The Hall–Kier alpha value is -2.38. The summed E-state index contributed by atoms with van der Waals surface area (Å²) in [4.78, 5) is 13.2. The van der Waals surface area contributed by atoms with E-state index < -0.39 is 4.92 Å². The largest absolute Gasteiger partial charge is 0.490 e. The Labute approximate surface area is 153 Å². The van der Waals surface area contributed by atoms with Crippen LogP contribution in [0.25, 0.3) is 0 Å². The van der Waals surface area contributed by atoms with Crippen molar-refractivity contribution in [2.75, 3.05) is 26.7 Å². The van der Waals surface area contributed by atoms with Gasteiger partial charge in [0.05, 0.1) is 18.1 Å². The highest BCUT2D eigenvalue weighted by Gasteiger charge is 2.25. The van der Waals surface area contributed by atoms with Gasteiger partial charge in [-0.3, -0.25) is 15.0 Å². The van der Waals surface area contributed by atoms with Crippen molar-refractivity contribution in [3.05, 3.63) is 57.5 Å². The summed E-state index contributed by atoms with van der Waals surface area (Å²) < 4.78 is 10.9. The number of methoxy groups -OCH3 is 1. The summed E-state index contributed by atoms with van der Waals surface area (Å²) in [7, 11) is 1.44. The molecule has 1 aliphatic rings. The van der Waals surface area contributed by atoms with E-state index in [4.69, 9.17) is 9.15 Å². The standard InChI is InChI=1S/C19H25N3O4/c1-14-5-7-19(26-14)17(21-9-3-4-10-21)13-20-12-15-6-8-18(25-2)16(11-15)22(23)24/h5-8,11,17,20H,3-4,9-10,12-13H2,1-2H3. The zero-order valence-corrected chi connectivity index (χ0v) is 15.2. The van der Waals surface area contributed by atoms with Gasteiger partial charge in [-0.25, -0.2) is 0 Å². The lowest BCUT2D eigenvalue weighted by molar-refractivity contribution is -0.385. The molecule has 140 valence electrons. The molecule has 2 heterocycles. The number of hydrogen-bond donors (Lipinski definition) is 1. The maximum atomic E-state index is 11.2. The Balaban J connectivity index is 1.66. The molecule has 1 aromatic carbocycles. The van der Waals surface area contributed by atoms with Gasteiger partial charge in [-0.1, -0.05) is 6.07 Å². The summed E-state index contributed by atoms with van der Waals surface area (Å²) >= 11 is 0. The van der Waals surface area contributed by atoms with E-state index in [0.29, 0.717) is 6.54 Å². The highest BCUT2D eigenvalue weighted by Crippen LogP contribution is 2.28. The second-order valence-electron chi connectivity index (χ2n) is 6.60. The topological polar surface area (TPSA) is 80.8 Å². The van der Waals surface area contributed by atoms with Crippen molar-refractivity contribution < 1.29 is 14.1 Å². The number of nitrogens with one attached hydrogen (secondary N) is 1. The molecule has 1 fully saturated rings.